The van der Waals surface area contributed by atoms with Crippen molar-refractivity contribution in [3.05, 3.63) is 33.3 Å². The molecule has 1 aliphatic rings. The van der Waals surface area contributed by atoms with Gasteiger partial charge in [-0.25, -0.2) is 0 Å². The zero-order valence-electron chi connectivity index (χ0n) is 9.36. The molecule has 0 aromatic heterocycles. The SMILES string of the molecule is Cc1cc([C@H]2CC(O)[C@@H](CO)O2)c(Cl)cc1Cl. The van der Waals surface area contributed by atoms with E-state index >= 15 is 0 Å². The van der Waals surface area contributed by atoms with Crippen LogP contribution in [0.5, 0.6) is 0 Å². The summed E-state index contributed by atoms with van der Waals surface area (Å²) < 4.78 is 5.56. The van der Waals surface area contributed by atoms with Crippen LogP contribution < -0.4 is 0 Å². The highest BCUT2D eigenvalue weighted by Crippen LogP contribution is 2.38. The van der Waals surface area contributed by atoms with E-state index in [9.17, 15) is 5.11 Å². The lowest BCUT2D eigenvalue weighted by Crippen LogP contribution is -2.24. The lowest BCUT2D eigenvalue weighted by molar-refractivity contribution is -0.0225. The van der Waals surface area contributed by atoms with Gasteiger partial charge in [0.05, 0.1) is 18.8 Å². The topological polar surface area (TPSA) is 49.7 Å². The van der Waals surface area contributed by atoms with Gasteiger partial charge in [-0.1, -0.05) is 29.3 Å². The second-order valence-electron chi connectivity index (χ2n) is 4.27. The summed E-state index contributed by atoms with van der Waals surface area (Å²) in [5, 5.41) is 19.8. The Morgan fingerprint density at radius 2 is 2.06 bits per heavy atom. The molecule has 0 spiro atoms. The van der Waals surface area contributed by atoms with E-state index < -0.39 is 12.2 Å². The van der Waals surface area contributed by atoms with Crippen LogP contribution in [-0.4, -0.2) is 29.0 Å². The second-order valence-corrected chi connectivity index (χ2v) is 5.09. The van der Waals surface area contributed by atoms with Crippen molar-refractivity contribution < 1.29 is 14.9 Å². The Balaban J connectivity index is 2.27. The van der Waals surface area contributed by atoms with Gasteiger partial charge in [0.15, 0.2) is 0 Å². The van der Waals surface area contributed by atoms with Crippen LogP contribution in [0, 0.1) is 6.92 Å². The monoisotopic (exact) mass is 276 g/mol. The lowest BCUT2D eigenvalue weighted by Gasteiger charge is -2.15. The van der Waals surface area contributed by atoms with Crippen LogP contribution in [0.15, 0.2) is 12.1 Å². The van der Waals surface area contributed by atoms with E-state index in [1.807, 2.05) is 13.0 Å². The summed E-state index contributed by atoms with van der Waals surface area (Å²) in [6, 6.07) is 3.54. The molecule has 17 heavy (non-hydrogen) atoms. The number of ether oxygens (including phenoxy) is 1. The molecule has 0 amide bonds. The normalized spacial score (nSPS) is 28.6. The van der Waals surface area contributed by atoms with Crippen molar-refractivity contribution in [3.8, 4) is 0 Å². The van der Waals surface area contributed by atoms with E-state index in [2.05, 4.69) is 0 Å². The summed E-state index contributed by atoms with van der Waals surface area (Å²) in [5.74, 6) is 0. The Morgan fingerprint density at radius 1 is 1.35 bits per heavy atom. The summed E-state index contributed by atoms with van der Waals surface area (Å²) in [4.78, 5) is 0. The Hall–Kier alpha value is -0.320. The molecule has 0 saturated carbocycles. The zero-order chi connectivity index (χ0) is 12.6. The van der Waals surface area contributed by atoms with E-state index in [4.69, 9.17) is 33.0 Å². The number of aliphatic hydroxyl groups is 2. The molecule has 1 saturated heterocycles. The number of benzene rings is 1. The van der Waals surface area contributed by atoms with Gasteiger partial charge >= 0.3 is 0 Å². The largest absolute Gasteiger partial charge is 0.394 e. The van der Waals surface area contributed by atoms with E-state index in [1.54, 1.807) is 6.07 Å². The molecule has 0 bridgehead atoms. The molecular weight excluding hydrogens is 263 g/mol. The molecule has 5 heteroatoms. The first-order chi connectivity index (χ1) is 8.02. The zero-order valence-corrected chi connectivity index (χ0v) is 10.9. The molecule has 2 rings (SSSR count). The van der Waals surface area contributed by atoms with Gasteiger partial charge in [0.1, 0.15) is 6.10 Å². The van der Waals surface area contributed by atoms with Gasteiger partial charge in [0.2, 0.25) is 0 Å². The van der Waals surface area contributed by atoms with Crippen molar-refractivity contribution in [2.24, 2.45) is 0 Å². The van der Waals surface area contributed by atoms with Crippen molar-refractivity contribution in [3.63, 3.8) is 0 Å². The van der Waals surface area contributed by atoms with E-state index in [0.29, 0.717) is 16.5 Å². The van der Waals surface area contributed by atoms with E-state index in [1.165, 1.54) is 0 Å². The van der Waals surface area contributed by atoms with Crippen LogP contribution in [0.25, 0.3) is 0 Å². The molecule has 3 nitrogen and oxygen atoms in total. The predicted molar refractivity (Wildman–Crippen MR) is 66.5 cm³/mol. The average molecular weight is 277 g/mol. The first-order valence-electron chi connectivity index (χ1n) is 5.43. The summed E-state index contributed by atoms with van der Waals surface area (Å²) in [6.45, 7) is 1.69. The van der Waals surface area contributed by atoms with Crippen LogP contribution in [0.3, 0.4) is 0 Å². The highest BCUT2D eigenvalue weighted by Gasteiger charge is 2.35. The maximum absolute atomic E-state index is 9.68. The number of halogens is 2. The van der Waals surface area contributed by atoms with Gasteiger partial charge in [-0.2, -0.15) is 0 Å². The Morgan fingerprint density at radius 3 is 2.65 bits per heavy atom. The van der Waals surface area contributed by atoms with Crippen molar-refractivity contribution in [2.45, 2.75) is 31.7 Å². The van der Waals surface area contributed by atoms with Crippen LogP contribution in [0.4, 0.5) is 0 Å². The van der Waals surface area contributed by atoms with Crippen molar-refractivity contribution >= 4 is 23.2 Å². The van der Waals surface area contributed by atoms with Gasteiger partial charge in [-0.05, 0) is 24.1 Å². The minimum Gasteiger partial charge on any atom is -0.394 e. The highest BCUT2D eigenvalue weighted by atomic mass is 35.5. The molecule has 0 aliphatic carbocycles. The van der Waals surface area contributed by atoms with Crippen molar-refractivity contribution in [1.29, 1.82) is 0 Å². The molecule has 1 aromatic carbocycles. The summed E-state index contributed by atoms with van der Waals surface area (Å²) in [7, 11) is 0. The maximum atomic E-state index is 9.68. The van der Waals surface area contributed by atoms with E-state index in [0.717, 1.165) is 11.1 Å². The lowest BCUT2D eigenvalue weighted by atomic mass is 10.0. The number of aliphatic hydroxyl groups excluding tert-OH is 2. The number of hydrogen-bond donors (Lipinski definition) is 2. The third kappa shape index (κ3) is 2.59. The third-order valence-corrected chi connectivity index (χ3v) is 3.76. The van der Waals surface area contributed by atoms with Gasteiger partial charge < -0.3 is 14.9 Å². The number of rotatable bonds is 2. The molecule has 1 unspecified atom stereocenters. The van der Waals surface area contributed by atoms with Gasteiger partial charge in [0.25, 0.3) is 0 Å². The average Bonchev–Trinajstić information content (AvgIpc) is 2.65. The standard InChI is InChI=1S/C12H14Cl2O3/c1-6-2-7(9(14)3-8(6)13)11-4-10(16)12(5-15)17-11/h2-3,10-12,15-16H,4-5H2,1H3/t10?,11-,12-/m1/s1. The minimum absolute atomic E-state index is 0.193. The molecule has 1 aliphatic heterocycles. The maximum Gasteiger partial charge on any atom is 0.107 e. The Labute approximate surface area is 110 Å². The molecule has 0 radical (unpaired) electrons. The molecule has 1 heterocycles. The van der Waals surface area contributed by atoms with Crippen molar-refractivity contribution in [1.82, 2.24) is 0 Å². The first-order valence-corrected chi connectivity index (χ1v) is 6.18. The first kappa shape index (κ1) is 13.1. The minimum atomic E-state index is -0.656. The van der Waals surface area contributed by atoms with Crippen LogP contribution in [-0.2, 0) is 4.74 Å². The van der Waals surface area contributed by atoms with Crippen LogP contribution in [0.1, 0.15) is 23.7 Å². The molecule has 1 aromatic rings. The quantitative estimate of drug-likeness (QED) is 0.873. The smallest absolute Gasteiger partial charge is 0.107 e. The Bertz CT molecular complexity index is 422. The number of hydrogen-bond acceptors (Lipinski definition) is 3. The fourth-order valence-corrected chi connectivity index (χ4v) is 2.52. The molecule has 2 N–H and O–H groups in total. The van der Waals surface area contributed by atoms with Gasteiger partial charge in [-0.15, -0.1) is 0 Å². The summed E-state index contributed by atoms with van der Waals surface area (Å²) >= 11 is 12.1. The predicted octanol–water partition coefficient (Wildman–Crippen LogP) is 2.49. The molecule has 94 valence electrons. The molecule has 3 atom stereocenters. The van der Waals surface area contributed by atoms with Gasteiger partial charge in [-0.3, -0.25) is 0 Å². The van der Waals surface area contributed by atoms with Crippen LogP contribution >= 0.6 is 23.2 Å². The van der Waals surface area contributed by atoms with Crippen LogP contribution in [0.2, 0.25) is 10.0 Å². The highest BCUT2D eigenvalue weighted by molar-refractivity contribution is 6.35. The second kappa shape index (κ2) is 5.12. The molecular formula is C12H14Cl2O3. The fraction of sp³-hybridized carbons (Fsp3) is 0.500. The number of aryl methyl sites for hydroxylation is 1. The molecule has 1 fully saturated rings. The third-order valence-electron chi connectivity index (χ3n) is 3.03. The van der Waals surface area contributed by atoms with E-state index in [-0.39, 0.29) is 12.7 Å². The summed E-state index contributed by atoms with van der Waals surface area (Å²) in [6.07, 6.45) is -1.04. The van der Waals surface area contributed by atoms with Crippen molar-refractivity contribution in [2.75, 3.05) is 6.61 Å². The Kier molecular flexibility index (Phi) is 3.95. The summed E-state index contributed by atoms with van der Waals surface area (Å²) in [5.41, 5.74) is 1.72. The fourth-order valence-electron chi connectivity index (χ4n) is 2.02. The van der Waals surface area contributed by atoms with Gasteiger partial charge in [0, 0.05) is 16.5 Å².